The van der Waals surface area contributed by atoms with Gasteiger partial charge in [-0.2, -0.15) is 4.98 Å². The third-order valence-corrected chi connectivity index (χ3v) is 3.15. The maximum atomic E-state index is 5.25. The van der Waals surface area contributed by atoms with Gasteiger partial charge in [-0.15, -0.1) is 0 Å². The Morgan fingerprint density at radius 2 is 2.21 bits per heavy atom. The number of nitrogens with zero attached hydrogens (tertiary/aromatic N) is 2. The summed E-state index contributed by atoms with van der Waals surface area (Å²) in [6.07, 6.45) is 0. The highest BCUT2D eigenvalue weighted by molar-refractivity contribution is 9.10. The van der Waals surface area contributed by atoms with Crippen LogP contribution >= 0.6 is 15.9 Å². The molecule has 5 nitrogen and oxygen atoms in total. The van der Waals surface area contributed by atoms with E-state index in [1.54, 1.807) is 7.11 Å². The van der Waals surface area contributed by atoms with E-state index < -0.39 is 0 Å². The van der Waals surface area contributed by atoms with Gasteiger partial charge in [0.1, 0.15) is 5.75 Å². The molecule has 102 valence electrons. The first-order valence-electron chi connectivity index (χ1n) is 6.00. The molecule has 19 heavy (non-hydrogen) atoms. The lowest BCUT2D eigenvalue weighted by Gasteiger charge is -2.03. The van der Waals surface area contributed by atoms with Crippen LogP contribution in [0.2, 0.25) is 0 Å². The summed E-state index contributed by atoms with van der Waals surface area (Å²) in [7, 11) is 1.63. The highest BCUT2D eigenvalue weighted by atomic mass is 79.9. The summed E-state index contributed by atoms with van der Waals surface area (Å²) >= 11 is 3.43. The van der Waals surface area contributed by atoms with Crippen molar-refractivity contribution < 1.29 is 9.26 Å². The van der Waals surface area contributed by atoms with Crippen molar-refractivity contribution in [2.75, 3.05) is 7.11 Å². The van der Waals surface area contributed by atoms with Gasteiger partial charge in [-0.3, -0.25) is 0 Å². The predicted octanol–water partition coefficient (Wildman–Crippen LogP) is 3.01. The summed E-state index contributed by atoms with van der Waals surface area (Å²) in [5, 5.41) is 7.18. The molecular weight excluding hydrogens is 310 g/mol. The van der Waals surface area contributed by atoms with Crippen LogP contribution in [0, 0.1) is 0 Å². The molecule has 1 aromatic heterocycles. The van der Waals surface area contributed by atoms with E-state index in [1.807, 2.05) is 18.2 Å². The zero-order valence-corrected chi connectivity index (χ0v) is 12.7. The Hall–Kier alpha value is -1.40. The summed E-state index contributed by atoms with van der Waals surface area (Å²) in [6, 6.07) is 6.02. The van der Waals surface area contributed by atoms with Crippen LogP contribution in [-0.2, 0) is 6.54 Å². The Morgan fingerprint density at radius 1 is 1.42 bits per heavy atom. The van der Waals surface area contributed by atoms with E-state index in [-0.39, 0.29) is 0 Å². The number of benzene rings is 1. The minimum atomic E-state index is 0.386. The molecule has 2 aromatic rings. The highest BCUT2D eigenvalue weighted by Crippen LogP contribution is 2.29. The summed E-state index contributed by atoms with van der Waals surface area (Å²) in [5.41, 5.74) is 0.857. The van der Waals surface area contributed by atoms with Crippen molar-refractivity contribution in [1.82, 2.24) is 15.5 Å². The number of aromatic nitrogens is 2. The van der Waals surface area contributed by atoms with E-state index in [0.717, 1.165) is 15.8 Å². The number of nitrogens with one attached hydrogen (secondary N) is 1. The number of methoxy groups -OCH3 is 1. The standard InChI is InChI=1S/C13H16BrN3O2/c1-8(2)15-7-12-16-13(19-17-12)9-4-5-11(18-3)10(14)6-9/h4-6,8,15H,7H2,1-3H3. The average molecular weight is 326 g/mol. The molecule has 0 aliphatic heterocycles. The van der Waals surface area contributed by atoms with Crippen molar-refractivity contribution >= 4 is 15.9 Å². The van der Waals surface area contributed by atoms with Gasteiger partial charge < -0.3 is 14.6 Å². The molecule has 6 heteroatoms. The van der Waals surface area contributed by atoms with E-state index >= 15 is 0 Å². The number of hydrogen-bond acceptors (Lipinski definition) is 5. The first-order valence-corrected chi connectivity index (χ1v) is 6.79. The van der Waals surface area contributed by atoms with Gasteiger partial charge in [-0.1, -0.05) is 19.0 Å². The third-order valence-electron chi connectivity index (χ3n) is 2.54. The van der Waals surface area contributed by atoms with Crippen molar-refractivity contribution in [1.29, 1.82) is 0 Å². The van der Waals surface area contributed by atoms with Gasteiger partial charge in [0, 0.05) is 11.6 Å². The summed E-state index contributed by atoms with van der Waals surface area (Å²) < 4.78 is 11.3. The molecule has 0 atom stereocenters. The van der Waals surface area contributed by atoms with Gasteiger partial charge in [0.25, 0.3) is 5.89 Å². The van der Waals surface area contributed by atoms with Crippen molar-refractivity contribution in [2.45, 2.75) is 26.4 Å². The second-order valence-corrected chi connectivity index (χ2v) is 5.26. The van der Waals surface area contributed by atoms with Gasteiger partial charge >= 0.3 is 0 Å². The number of halogens is 1. The molecule has 0 spiro atoms. The van der Waals surface area contributed by atoms with E-state index in [9.17, 15) is 0 Å². The largest absolute Gasteiger partial charge is 0.496 e. The monoisotopic (exact) mass is 325 g/mol. The molecule has 0 aliphatic rings. The molecule has 0 amide bonds. The number of ether oxygens (including phenoxy) is 1. The topological polar surface area (TPSA) is 60.2 Å². The molecule has 1 aromatic carbocycles. The van der Waals surface area contributed by atoms with Gasteiger partial charge in [0.2, 0.25) is 0 Å². The Morgan fingerprint density at radius 3 is 2.84 bits per heavy atom. The van der Waals surface area contributed by atoms with Crippen molar-refractivity contribution in [2.24, 2.45) is 0 Å². The predicted molar refractivity (Wildman–Crippen MR) is 76.0 cm³/mol. The molecule has 0 saturated carbocycles. The van der Waals surface area contributed by atoms with Crippen LogP contribution in [0.1, 0.15) is 19.7 Å². The maximum absolute atomic E-state index is 5.25. The zero-order chi connectivity index (χ0) is 13.8. The average Bonchev–Trinajstić information content (AvgIpc) is 2.85. The van der Waals surface area contributed by atoms with Gasteiger partial charge in [-0.25, -0.2) is 0 Å². The summed E-state index contributed by atoms with van der Waals surface area (Å²) in [4.78, 5) is 4.35. The molecule has 0 unspecified atom stereocenters. The van der Waals surface area contributed by atoms with Crippen molar-refractivity contribution in [3.05, 3.63) is 28.5 Å². The van der Waals surface area contributed by atoms with Crippen LogP contribution in [0.5, 0.6) is 5.75 Å². The van der Waals surface area contributed by atoms with Crippen molar-refractivity contribution in [3.63, 3.8) is 0 Å². The lowest BCUT2D eigenvalue weighted by atomic mass is 10.2. The van der Waals surface area contributed by atoms with Gasteiger partial charge in [0.05, 0.1) is 18.1 Å². The third kappa shape index (κ3) is 3.54. The van der Waals surface area contributed by atoms with Crippen LogP contribution in [-0.4, -0.2) is 23.3 Å². The van der Waals surface area contributed by atoms with Crippen LogP contribution in [0.3, 0.4) is 0 Å². The fraction of sp³-hybridized carbons (Fsp3) is 0.385. The minimum absolute atomic E-state index is 0.386. The maximum Gasteiger partial charge on any atom is 0.258 e. The second kappa shape index (κ2) is 6.16. The minimum Gasteiger partial charge on any atom is -0.496 e. The highest BCUT2D eigenvalue weighted by Gasteiger charge is 2.11. The van der Waals surface area contributed by atoms with Crippen LogP contribution in [0.4, 0.5) is 0 Å². The molecule has 2 rings (SSSR count). The van der Waals surface area contributed by atoms with Crippen LogP contribution < -0.4 is 10.1 Å². The molecule has 0 fully saturated rings. The molecular formula is C13H16BrN3O2. The normalized spacial score (nSPS) is 11.0. The Kier molecular flexibility index (Phi) is 4.55. The second-order valence-electron chi connectivity index (χ2n) is 4.40. The first-order chi connectivity index (χ1) is 9.10. The van der Waals surface area contributed by atoms with Crippen LogP contribution in [0.15, 0.2) is 27.2 Å². The molecule has 0 aliphatic carbocycles. The fourth-order valence-electron chi connectivity index (χ4n) is 1.54. The number of rotatable bonds is 5. The Bertz CT molecular complexity index is 555. The fourth-order valence-corrected chi connectivity index (χ4v) is 2.08. The first kappa shape index (κ1) is 14.0. The number of hydrogen-bond donors (Lipinski definition) is 1. The SMILES string of the molecule is COc1ccc(-c2nc(CNC(C)C)no2)cc1Br. The van der Waals surface area contributed by atoms with Crippen molar-refractivity contribution in [3.8, 4) is 17.2 Å². The van der Waals surface area contributed by atoms with Gasteiger partial charge in [0.15, 0.2) is 5.82 Å². The van der Waals surface area contributed by atoms with E-state index in [1.165, 1.54) is 0 Å². The Labute approximate surface area is 120 Å². The molecule has 0 saturated heterocycles. The van der Waals surface area contributed by atoms with Crippen LogP contribution in [0.25, 0.3) is 11.5 Å². The van der Waals surface area contributed by atoms with E-state index in [2.05, 4.69) is 45.2 Å². The summed E-state index contributed by atoms with van der Waals surface area (Å²) in [6.45, 7) is 4.74. The lowest BCUT2D eigenvalue weighted by Crippen LogP contribution is -2.22. The Balaban J connectivity index is 2.16. The molecule has 0 bridgehead atoms. The molecule has 1 heterocycles. The van der Waals surface area contributed by atoms with E-state index in [0.29, 0.717) is 24.3 Å². The zero-order valence-electron chi connectivity index (χ0n) is 11.1. The molecule has 0 radical (unpaired) electrons. The quantitative estimate of drug-likeness (QED) is 0.915. The smallest absolute Gasteiger partial charge is 0.258 e. The molecule has 1 N–H and O–H groups in total. The van der Waals surface area contributed by atoms with E-state index in [4.69, 9.17) is 9.26 Å². The van der Waals surface area contributed by atoms with Gasteiger partial charge in [-0.05, 0) is 34.1 Å². The summed E-state index contributed by atoms with van der Waals surface area (Å²) in [5.74, 6) is 1.92. The lowest BCUT2D eigenvalue weighted by molar-refractivity contribution is 0.411.